The Balaban J connectivity index is 1.53. The molecule has 7 heteroatoms. The fourth-order valence-corrected chi connectivity index (χ4v) is 2.77. The molecule has 4 aromatic rings. The van der Waals surface area contributed by atoms with Gasteiger partial charge in [-0.25, -0.2) is 0 Å². The van der Waals surface area contributed by atoms with E-state index < -0.39 is 0 Å². The third kappa shape index (κ3) is 3.62. The zero-order chi connectivity index (χ0) is 18.6. The SMILES string of the molecule is Cc1noc(NCc2ccncc2)c1C(=O)Nc1cnc2ccccc2c1. The van der Waals surface area contributed by atoms with E-state index in [2.05, 4.69) is 25.8 Å². The molecule has 3 heterocycles. The molecule has 7 nitrogen and oxygen atoms in total. The number of carbonyl (C=O) groups excluding carboxylic acids is 1. The molecule has 0 unspecified atom stereocenters. The van der Waals surface area contributed by atoms with Crippen LogP contribution in [0, 0.1) is 6.92 Å². The second kappa shape index (κ2) is 7.25. The smallest absolute Gasteiger partial charge is 0.263 e. The van der Waals surface area contributed by atoms with Crippen molar-refractivity contribution in [3.63, 3.8) is 0 Å². The van der Waals surface area contributed by atoms with Crippen LogP contribution in [0.4, 0.5) is 11.6 Å². The van der Waals surface area contributed by atoms with Crippen molar-refractivity contribution in [1.82, 2.24) is 15.1 Å². The van der Waals surface area contributed by atoms with E-state index >= 15 is 0 Å². The maximum absolute atomic E-state index is 12.8. The topological polar surface area (TPSA) is 92.9 Å². The van der Waals surface area contributed by atoms with Crippen molar-refractivity contribution in [3.05, 3.63) is 77.9 Å². The number of anilines is 2. The Hall–Kier alpha value is -3.74. The molecule has 27 heavy (non-hydrogen) atoms. The van der Waals surface area contributed by atoms with Crippen molar-refractivity contribution in [3.8, 4) is 0 Å². The number of pyridine rings is 2. The summed E-state index contributed by atoms with van der Waals surface area (Å²) in [5.41, 5.74) is 3.38. The Morgan fingerprint density at radius 3 is 2.81 bits per heavy atom. The number of nitrogens with zero attached hydrogens (tertiary/aromatic N) is 3. The number of carbonyl (C=O) groups is 1. The number of aromatic nitrogens is 3. The minimum atomic E-state index is -0.303. The van der Waals surface area contributed by atoms with Gasteiger partial charge in [-0.15, -0.1) is 0 Å². The molecular formula is C20H17N5O2. The highest BCUT2D eigenvalue weighted by molar-refractivity contribution is 6.08. The van der Waals surface area contributed by atoms with Gasteiger partial charge in [-0.2, -0.15) is 0 Å². The van der Waals surface area contributed by atoms with Crippen LogP contribution in [0.3, 0.4) is 0 Å². The van der Waals surface area contributed by atoms with E-state index in [1.165, 1.54) is 0 Å². The highest BCUT2D eigenvalue weighted by atomic mass is 16.5. The molecule has 3 aromatic heterocycles. The number of benzene rings is 1. The molecule has 0 aliphatic rings. The van der Waals surface area contributed by atoms with E-state index in [-0.39, 0.29) is 5.91 Å². The van der Waals surface area contributed by atoms with E-state index in [1.807, 2.05) is 42.5 Å². The molecule has 0 atom stereocenters. The lowest BCUT2D eigenvalue weighted by Gasteiger charge is -2.08. The van der Waals surface area contributed by atoms with Crippen LogP contribution in [-0.4, -0.2) is 21.0 Å². The van der Waals surface area contributed by atoms with Crippen molar-refractivity contribution >= 4 is 28.4 Å². The summed E-state index contributed by atoms with van der Waals surface area (Å²) < 4.78 is 5.29. The maximum atomic E-state index is 12.8. The van der Waals surface area contributed by atoms with E-state index in [1.54, 1.807) is 25.5 Å². The van der Waals surface area contributed by atoms with Crippen molar-refractivity contribution in [2.24, 2.45) is 0 Å². The highest BCUT2D eigenvalue weighted by Crippen LogP contribution is 2.23. The predicted molar refractivity (Wildman–Crippen MR) is 102 cm³/mol. The normalized spacial score (nSPS) is 10.7. The standard InChI is InChI=1S/C20H17N5O2/c1-13-18(20(27-25-13)23-11-14-6-8-21-9-7-14)19(26)24-16-10-15-4-2-3-5-17(15)22-12-16/h2-10,12,23H,11H2,1H3,(H,24,26). The molecule has 0 aliphatic carbocycles. The Morgan fingerprint density at radius 2 is 1.96 bits per heavy atom. The number of fused-ring (bicyclic) bond motifs is 1. The second-order valence-electron chi connectivity index (χ2n) is 6.05. The average Bonchev–Trinajstić information content (AvgIpc) is 3.07. The fraction of sp³-hybridized carbons (Fsp3) is 0.100. The number of rotatable bonds is 5. The molecule has 0 bridgehead atoms. The number of aryl methyl sites for hydroxylation is 1. The van der Waals surface area contributed by atoms with Gasteiger partial charge in [0.2, 0.25) is 5.88 Å². The Kier molecular flexibility index (Phi) is 4.49. The third-order valence-electron chi connectivity index (χ3n) is 4.14. The van der Waals surface area contributed by atoms with E-state index in [0.717, 1.165) is 16.5 Å². The first kappa shape index (κ1) is 16.7. The van der Waals surface area contributed by atoms with Crippen molar-refractivity contribution in [1.29, 1.82) is 0 Å². The first-order valence-electron chi connectivity index (χ1n) is 8.46. The molecule has 0 spiro atoms. The quantitative estimate of drug-likeness (QED) is 0.563. The van der Waals surface area contributed by atoms with Crippen LogP contribution in [-0.2, 0) is 6.54 Å². The van der Waals surface area contributed by atoms with Crippen LogP contribution in [0.2, 0.25) is 0 Å². The Morgan fingerprint density at radius 1 is 1.15 bits per heavy atom. The van der Waals surface area contributed by atoms with Crippen molar-refractivity contribution < 1.29 is 9.32 Å². The van der Waals surface area contributed by atoms with Gasteiger partial charge in [0.15, 0.2) is 0 Å². The predicted octanol–water partition coefficient (Wildman–Crippen LogP) is 3.79. The number of nitrogens with one attached hydrogen (secondary N) is 2. The van der Waals surface area contributed by atoms with E-state index in [9.17, 15) is 4.79 Å². The van der Waals surface area contributed by atoms with Crippen LogP contribution in [0.1, 0.15) is 21.6 Å². The van der Waals surface area contributed by atoms with E-state index in [0.29, 0.717) is 29.4 Å². The zero-order valence-electron chi connectivity index (χ0n) is 14.6. The largest absolute Gasteiger partial charge is 0.349 e. The van der Waals surface area contributed by atoms with Gasteiger partial charge in [0, 0.05) is 24.3 Å². The summed E-state index contributed by atoms with van der Waals surface area (Å²) in [6.07, 6.45) is 5.05. The fourth-order valence-electron chi connectivity index (χ4n) is 2.77. The van der Waals surface area contributed by atoms with Gasteiger partial charge >= 0.3 is 0 Å². The summed E-state index contributed by atoms with van der Waals surface area (Å²) in [7, 11) is 0. The zero-order valence-corrected chi connectivity index (χ0v) is 14.6. The van der Waals surface area contributed by atoms with Gasteiger partial charge in [-0.1, -0.05) is 23.4 Å². The van der Waals surface area contributed by atoms with Crippen LogP contribution in [0.25, 0.3) is 10.9 Å². The minimum absolute atomic E-state index is 0.303. The van der Waals surface area contributed by atoms with E-state index in [4.69, 9.17) is 4.52 Å². The summed E-state index contributed by atoms with van der Waals surface area (Å²) in [4.78, 5) is 21.1. The number of para-hydroxylation sites is 1. The Labute approximate surface area is 155 Å². The molecule has 0 saturated heterocycles. The lowest BCUT2D eigenvalue weighted by Crippen LogP contribution is -2.15. The van der Waals surface area contributed by atoms with Crippen LogP contribution in [0.5, 0.6) is 0 Å². The summed E-state index contributed by atoms with van der Waals surface area (Å²) in [6.45, 7) is 2.23. The summed E-state index contributed by atoms with van der Waals surface area (Å²) in [5.74, 6) is 0.0265. The second-order valence-corrected chi connectivity index (χ2v) is 6.05. The number of hydrogen-bond donors (Lipinski definition) is 2. The molecule has 134 valence electrons. The summed E-state index contributed by atoms with van der Waals surface area (Å²) in [5, 5.41) is 10.8. The molecule has 2 N–H and O–H groups in total. The Bertz CT molecular complexity index is 1090. The van der Waals surface area contributed by atoms with Gasteiger partial charge in [0.1, 0.15) is 5.56 Å². The van der Waals surface area contributed by atoms with Crippen molar-refractivity contribution in [2.45, 2.75) is 13.5 Å². The van der Waals surface area contributed by atoms with Gasteiger partial charge in [-0.3, -0.25) is 14.8 Å². The summed E-state index contributed by atoms with van der Waals surface area (Å²) in [6, 6.07) is 13.4. The van der Waals surface area contributed by atoms with Gasteiger partial charge < -0.3 is 15.2 Å². The van der Waals surface area contributed by atoms with Gasteiger partial charge in [0.25, 0.3) is 5.91 Å². The van der Waals surface area contributed by atoms with Crippen LogP contribution in [0.15, 0.2) is 65.6 Å². The monoisotopic (exact) mass is 359 g/mol. The van der Waals surface area contributed by atoms with Crippen molar-refractivity contribution in [2.75, 3.05) is 10.6 Å². The molecular weight excluding hydrogens is 342 g/mol. The first-order chi connectivity index (χ1) is 13.2. The average molecular weight is 359 g/mol. The maximum Gasteiger partial charge on any atom is 0.263 e. The number of amides is 1. The van der Waals surface area contributed by atoms with Gasteiger partial charge in [-0.05, 0) is 36.8 Å². The highest BCUT2D eigenvalue weighted by Gasteiger charge is 2.20. The molecule has 0 saturated carbocycles. The molecule has 4 rings (SSSR count). The lowest BCUT2D eigenvalue weighted by molar-refractivity contribution is 0.102. The molecule has 1 aromatic carbocycles. The third-order valence-corrected chi connectivity index (χ3v) is 4.14. The minimum Gasteiger partial charge on any atom is -0.349 e. The summed E-state index contributed by atoms with van der Waals surface area (Å²) >= 11 is 0. The van der Waals surface area contributed by atoms with Crippen LogP contribution < -0.4 is 10.6 Å². The molecule has 1 amide bonds. The van der Waals surface area contributed by atoms with Crippen LogP contribution >= 0.6 is 0 Å². The first-order valence-corrected chi connectivity index (χ1v) is 8.46. The van der Waals surface area contributed by atoms with Gasteiger partial charge in [0.05, 0.1) is 23.1 Å². The molecule has 0 aliphatic heterocycles. The molecule has 0 fully saturated rings. The lowest BCUT2D eigenvalue weighted by atomic mass is 10.2. The number of hydrogen-bond acceptors (Lipinski definition) is 6. The molecule has 0 radical (unpaired) electrons.